The molecule has 0 radical (unpaired) electrons. The molecule has 2 heterocycles. The largest absolute Gasteiger partial charge is 0.364 e. The molecule has 18 heavy (non-hydrogen) atoms. The molecule has 1 N–H and O–H groups in total. The van der Waals surface area contributed by atoms with Crippen LogP contribution in [0.4, 0.5) is 0 Å². The number of fused-ring (bicyclic) bond motifs is 1. The third-order valence-electron chi connectivity index (χ3n) is 2.85. The molecule has 0 saturated carbocycles. The van der Waals surface area contributed by atoms with Gasteiger partial charge in [-0.3, -0.25) is 4.98 Å². The van der Waals surface area contributed by atoms with E-state index in [0.717, 1.165) is 17.8 Å². The number of para-hydroxylation sites is 1. The highest BCUT2D eigenvalue weighted by Crippen LogP contribution is 2.15. The lowest BCUT2D eigenvalue weighted by Gasteiger charge is -2.06. The Morgan fingerprint density at radius 2 is 2.00 bits per heavy atom. The second kappa shape index (κ2) is 4.98. The minimum absolute atomic E-state index is 0.702. The van der Waals surface area contributed by atoms with Crippen LogP contribution in [0.25, 0.3) is 10.9 Å². The quantitative estimate of drug-likeness (QED) is 0.760. The number of nitrogens with zero attached hydrogens (tertiary/aromatic N) is 2. The summed E-state index contributed by atoms with van der Waals surface area (Å²) in [5.41, 5.74) is 3.18. The molecular formula is C14H13N3O. The van der Waals surface area contributed by atoms with Crippen LogP contribution in [0, 0.1) is 0 Å². The summed E-state index contributed by atoms with van der Waals surface area (Å²) < 4.78 is 4.79. The van der Waals surface area contributed by atoms with Gasteiger partial charge >= 0.3 is 0 Å². The van der Waals surface area contributed by atoms with E-state index in [-0.39, 0.29) is 0 Å². The standard InChI is InChI=1S/C14H13N3O/c1-2-4-14-13(3-1)11(5-7-16-14)9-15-10-12-6-8-18-17-12/h1-8,15H,9-10H2. The maximum atomic E-state index is 4.79. The van der Waals surface area contributed by atoms with Gasteiger partial charge in [-0.1, -0.05) is 23.4 Å². The van der Waals surface area contributed by atoms with Gasteiger partial charge in [0.15, 0.2) is 0 Å². The first-order chi connectivity index (χ1) is 8.93. The number of hydrogen-bond donors (Lipinski definition) is 1. The molecule has 2 aromatic heterocycles. The second-order valence-corrected chi connectivity index (χ2v) is 4.08. The summed E-state index contributed by atoms with van der Waals surface area (Å²) in [4.78, 5) is 4.34. The highest BCUT2D eigenvalue weighted by atomic mass is 16.5. The maximum absolute atomic E-state index is 4.79. The Labute approximate surface area is 105 Å². The summed E-state index contributed by atoms with van der Waals surface area (Å²) in [6.45, 7) is 1.49. The normalized spacial score (nSPS) is 10.9. The van der Waals surface area contributed by atoms with E-state index in [2.05, 4.69) is 21.5 Å². The highest BCUT2D eigenvalue weighted by Gasteiger charge is 2.01. The number of hydrogen-bond acceptors (Lipinski definition) is 4. The lowest BCUT2D eigenvalue weighted by atomic mass is 10.1. The predicted molar refractivity (Wildman–Crippen MR) is 68.8 cm³/mol. The second-order valence-electron chi connectivity index (χ2n) is 4.08. The Balaban J connectivity index is 1.74. The fourth-order valence-electron chi connectivity index (χ4n) is 1.96. The molecule has 0 aliphatic carbocycles. The SMILES string of the molecule is c1ccc2c(CNCc3ccon3)ccnc2c1. The van der Waals surface area contributed by atoms with Gasteiger partial charge < -0.3 is 9.84 Å². The van der Waals surface area contributed by atoms with Crippen molar-refractivity contribution in [2.24, 2.45) is 0 Å². The van der Waals surface area contributed by atoms with E-state index in [4.69, 9.17) is 4.52 Å². The van der Waals surface area contributed by atoms with Crippen LogP contribution in [-0.4, -0.2) is 10.1 Å². The number of nitrogens with one attached hydrogen (secondary N) is 1. The molecule has 1 aromatic carbocycles. The molecule has 4 nitrogen and oxygen atoms in total. The van der Waals surface area contributed by atoms with Gasteiger partial charge in [0.2, 0.25) is 0 Å². The van der Waals surface area contributed by atoms with Gasteiger partial charge in [0, 0.05) is 30.7 Å². The van der Waals surface area contributed by atoms with E-state index >= 15 is 0 Å². The van der Waals surface area contributed by atoms with Crippen molar-refractivity contribution >= 4 is 10.9 Å². The Bertz CT molecular complexity index is 629. The summed E-state index contributed by atoms with van der Waals surface area (Å²) >= 11 is 0. The molecule has 90 valence electrons. The predicted octanol–water partition coefficient (Wildman–Crippen LogP) is 2.51. The van der Waals surface area contributed by atoms with Gasteiger partial charge in [-0.2, -0.15) is 0 Å². The Kier molecular flexibility index (Phi) is 3.02. The van der Waals surface area contributed by atoms with E-state index in [9.17, 15) is 0 Å². The highest BCUT2D eigenvalue weighted by molar-refractivity contribution is 5.81. The van der Waals surface area contributed by atoms with Gasteiger partial charge in [0.1, 0.15) is 6.26 Å². The summed E-state index contributed by atoms with van der Waals surface area (Å²) in [6, 6.07) is 12.1. The van der Waals surface area contributed by atoms with Gasteiger partial charge in [0.25, 0.3) is 0 Å². The van der Waals surface area contributed by atoms with Crippen LogP contribution >= 0.6 is 0 Å². The Morgan fingerprint density at radius 1 is 1.06 bits per heavy atom. The molecule has 0 saturated heterocycles. The van der Waals surface area contributed by atoms with Gasteiger partial charge in [-0.25, -0.2) is 0 Å². The zero-order chi connectivity index (χ0) is 12.2. The minimum Gasteiger partial charge on any atom is -0.364 e. The van der Waals surface area contributed by atoms with Gasteiger partial charge in [0.05, 0.1) is 11.2 Å². The van der Waals surface area contributed by atoms with Crippen LogP contribution in [0.3, 0.4) is 0 Å². The van der Waals surface area contributed by atoms with Crippen LogP contribution < -0.4 is 5.32 Å². The fourth-order valence-corrected chi connectivity index (χ4v) is 1.96. The molecule has 4 heteroatoms. The van der Waals surface area contributed by atoms with Crippen molar-refractivity contribution in [3.63, 3.8) is 0 Å². The molecule has 0 aliphatic rings. The van der Waals surface area contributed by atoms with Gasteiger partial charge in [-0.05, 0) is 17.7 Å². The summed E-state index contributed by atoms with van der Waals surface area (Å²) in [5.74, 6) is 0. The molecule has 3 aromatic rings. The van der Waals surface area contributed by atoms with Crippen molar-refractivity contribution in [2.45, 2.75) is 13.1 Å². The van der Waals surface area contributed by atoms with E-state index in [1.807, 2.05) is 36.5 Å². The molecule has 0 atom stereocenters. The number of pyridine rings is 1. The van der Waals surface area contributed by atoms with Crippen molar-refractivity contribution in [3.8, 4) is 0 Å². The van der Waals surface area contributed by atoms with Crippen LogP contribution in [0.5, 0.6) is 0 Å². The lowest BCUT2D eigenvalue weighted by molar-refractivity contribution is 0.408. The van der Waals surface area contributed by atoms with Gasteiger partial charge in [-0.15, -0.1) is 0 Å². The van der Waals surface area contributed by atoms with E-state index < -0.39 is 0 Å². The monoisotopic (exact) mass is 239 g/mol. The van der Waals surface area contributed by atoms with Crippen LogP contribution in [0.2, 0.25) is 0 Å². The smallest absolute Gasteiger partial charge is 0.124 e. The van der Waals surface area contributed by atoms with Crippen molar-refractivity contribution in [1.82, 2.24) is 15.5 Å². The average molecular weight is 239 g/mol. The van der Waals surface area contributed by atoms with Crippen LogP contribution in [-0.2, 0) is 13.1 Å². The van der Waals surface area contributed by atoms with Crippen molar-refractivity contribution < 1.29 is 4.52 Å². The number of rotatable bonds is 4. The maximum Gasteiger partial charge on any atom is 0.124 e. The Morgan fingerprint density at radius 3 is 2.89 bits per heavy atom. The topological polar surface area (TPSA) is 51.0 Å². The van der Waals surface area contributed by atoms with Crippen molar-refractivity contribution in [1.29, 1.82) is 0 Å². The van der Waals surface area contributed by atoms with Crippen molar-refractivity contribution in [3.05, 3.63) is 60.1 Å². The zero-order valence-corrected chi connectivity index (χ0v) is 9.84. The van der Waals surface area contributed by atoms with E-state index in [1.165, 1.54) is 10.9 Å². The number of aromatic nitrogens is 2. The summed E-state index contributed by atoms with van der Waals surface area (Å²) in [7, 11) is 0. The summed E-state index contributed by atoms with van der Waals surface area (Å²) in [5, 5.41) is 8.39. The molecule has 0 unspecified atom stereocenters. The molecular weight excluding hydrogens is 226 g/mol. The molecule has 0 spiro atoms. The first-order valence-corrected chi connectivity index (χ1v) is 5.86. The van der Waals surface area contributed by atoms with E-state index in [0.29, 0.717) is 6.54 Å². The van der Waals surface area contributed by atoms with Crippen LogP contribution in [0.1, 0.15) is 11.3 Å². The average Bonchev–Trinajstić information content (AvgIpc) is 2.92. The first-order valence-electron chi connectivity index (χ1n) is 5.86. The zero-order valence-electron chi connectivity index (χ0n) is 9.84. The molecule has 0 aliphatic heterocycles. The molecule has 0 amide bonds. The van der Waals surface area contributed by atoms with E-state index in [1.54, 1.807) is 6.26 Å². The molecule has 0 fully saturated rings. The van der Waals surface area contributed by atoms with Crippen molar-refractivity contribution in [2.75, 3.05) is 0 Å². The first kappa shape index (κ1) is 10.9. The van der Waals surface area contributed by atoms with Crippen LogP contribution in [0.15, 0.2) is 53.4 Å². The summed E-state index contributed by atoms with van der Waals surface area (Å²) in [6.07, 6.45) is 3.42. The third kappa shape index (κ3) is 2.24. The molecule has 0 bridgehead atoms. The fraction of sp³-hybridized carbons (Fsp3) is 0.143. The molecule has 3 rings (SSSR count). The number of benzene rings is 1. The minimum atomic E-state index is 0.702. The Hall–Kier alpha value is -2.20. The third-order valence-corrected chi connectivity index (χ3v) is 2.85. The lowest BCUT2D eigenvalue weighted by Crippen LogP contribution is -2.13.